The Kier molecular flexibility index (Phi) is 6.67. The number of carbonyl (C=O) groups is 2. The first-order chi connectivity index (χ1) is 16.4. The molecule has 0 aliphatic carbocycles. The Bertz CT molecular complexity index is 1240. The van der Waals surface area contributed by atoms with Crippen molar-refractivity contribution in [2.45, 2.75) is 12.5 Å². The second-order valence-corrected chi connectivity index (χ2v) is 7.93. The molecule has 174 valence electrons. The molecule has 6 nitrogen and oxygen atoms in total. The van der Waals surface area contributed by atoms with Crippen molar-refractivity contribution in [3.05, 3.63) is 101 Å². The van der Waals surface area contributed by atoms with Crippen LogP contribution in [0.4, 0.5) is 8.78 Å². The molecule has 4 rings (SSSR count). The highest BCUT2D eigenvalue weighted by molar-refractivity contribution is 6.04. The van der Waals surface area contributed by atoms with Crippen molar-refractivity contribution >= 4 is 17.5 Å². The summed E-state index contributed by atoms with van der Waals surface area (Å²) in [5, 5.41) is 5.74. The molecule has 34 heavy (non-hydrogen) atoms. The number of methoxy groups -OCH3 is 1. The van der Waals surface area contributed by atoms with Crippen LogP contribution in [0.3, 0.4) is 0 Å². The lowest BCUT2D eigenvalue weighted by Crippen LogP contribution is -2.39. The van der Waals surface area contributed by atoms with Crippen molar-refractivity contribution in [1.82, 2.24) is 9.91 Å². The van der Waals surface area contributed by atoms with E-state index in [1.165, 1.54) is 41.2 Å². The summed E-state index contributed by atoms with van der Waals surface area (Å²) in [6.45, 7) is -0.282. The molecule has 0 N–H and O–H groups in total. The monoisotopic (exact) mass is 463 g/mol. The molecule has 3 aromatic carbocycles. The van der Waals surface area contributed by atoms with Gasteiger partial charge in [0.25, 0.3) is 11.8 Å². The van der Waals surface area contributed by atoms with Crippen molar-refractivity contribution in [3.8, 4) is 5.75 Å². The van der Waals surface area contributed by atoms with E-state index in [0.29, 0.717) is 23.4 Å². The van der Waals surface area contributed by atoms with E-state index in [9.17, 15) is 18.4 Å². The zero-order valence-electron chi connectivity index (χ0n) is 18.7. The number of halogens is 2. The van der Waals surface area contributed by atoms with E-state index < -0.39 is 29.5 Å². The molecule has 0 unspecified atom stereocenters. The van der Waals surface area contributed by atoms with E-state index in [-0.39, 0.29) is 12.1 Å². The fraction of sp³-hybridized carbons (Fsp3) is 0.192. The Labute approximate surface area is 196 Å². The fourth-order valence-corrected chi connectivity index (χ4v) is 3.87. The Balaban J connectivity index is 1.60. The minimum absolute atomic E-state index is 0.138. The van der Waals surface area contributed by atoms with Crippen LogP contribution in [0.5, 0.6) is 5.75 Å². The Hall–Kier alpha value is -4.07. The third-order valence-electron chi connectivity index (χ3n) is 5.64. The zero-order valence-corrected chi connectivity index (χ0v) is 18.7. The second kappa shape index (κ2) is 9.82. The van der Waals surface area contributed by atoms with Gasteiger partial charge in [-0.25, -0.2) is 13.8 Å². The fourth-order valence-electron chi connectivity index (χ4n) is 3.87. The number of hydrogen-bond acceptors (Lipinski definition) is 4. The lowest BCUT2D eigenvalue weighted by Gasteiger charge is -2.25. The van der Waals surface area contributed by atoms with Crippen LogP contribution in [-0.2, 0) is 4.79 Å². The van der Waals surface area contributed by atoms with Crippen LogP contribution in [0.25, 0.3) is 0 Å². The number of rotatable bonds is 6. The van der Waals surface area contributed by atoms with Crippen molar-refractivity contribution in [2.75, 3.05) is 20.7 Å². The number of likely N-dealkylation sites (N-methyl/N-ethyl adjacent to an activating group) is 1. The van der Waals surface area contributed by atoms with Gasteiger partial charge in [0.15, 0.2) is 0 Å². The first-order valence-corrected chi connectivity index (χ1v) is 10.7. The molecule has 0 bridgehead atoms. The highest BCUT2D eigenvalue weighted by Gasteiger charge is 2.34. The molecular formula is C26H23F2N3O3. The van der Waals surface area contributed by atoms with Gasteiger partial charge >= 0.3 is 0 Å². The number of ether oxygens (including phenoxy) is 1. The third-order valence-corrected chi connectivity index (χ3v) is 5.64. The van der Waals surface area contributed by atoms with E-state index >= 15 is 0 Å². The highest BCUT2D eigenvalue weighted by atomic mass is 19.1. The van der Waals surface area contributed by atoms with E-state index in [4.69, 9.17) is 4.74 Å². The average molecular weight is 463 g/mol. The maximum absolute atomic E-state index is 14.4. The summed E-state index contributed by atoms with van der Waals surface area (Å²) < 4.78 is 33.2. The lowest BCUT2D eigenvalue weighted by molar-refractivity contribution is -0.133. The smallest absolute Gasteiger partial charge is 0.262 e. The summed E-state index contributed by atoms with van der Waals surface area (Å²) in [5.74, 6) is -1.24. The van der Waals surface area contributed by atoms with Gasteiger partial charge < -0.3 is 9.64 Å². The number of hydrazone groups is 1. The summed E-state index contributed by atoms with van der Waals surface area (Å²) >= 11 is 0. The molecule has 0 radical (unpaired) electrons. The van der Waals surface area contributed by atoms with Crippen molar-refractivity contribution in [2.24, 2.45) is 5.10 Å². The molecule has 2 amide bonds. The molecule has 0 spiro atoms. The van der Waals surface area contributed by atoms with Crippen LogP contribution in [0.15, 0.2) is 77.9 Å². The molecule has 1 heterocycles. The molecule has 0 aromatic heterocycles. The van der Waals surface area contributed by atoms with Gasteiger partial charge in [0.1, 0.15) is 23.9 Å². The van der Waals surface area contributed by atoms with Gasteiger partial charge in [-0.15, -0.1) is 0 Å². The van der Waals surface area contributed by atoms with Crippen molar-refractivity contribution in [3.63, 3.8) is 0 Å². The lowest BCUT2D eigenvalue weighted by atomic mass is 9.98. The Morgan fingerprint density at radius 1 is 1.06 bits per heavy atom. The number of benzene rings is 3. The normalized spacial score (nSPS) is 15.1. The van der Waals surface area contributed by atoms with E-state index in [1.54, 1.807) is 37.4 Å². The molecule has 1 atom stereocenters. The van der Waals surface area contributed by atoms with Gasteiger partial charge in [-0.2, -0.15) is 5.10 Å². The van der Waals surface area contributed by atoms with Gasteiger partial charge in [-0.1, -0.05) is 36.4 Å². The molecule has 0 saturated heterocycles. The largest absolute Gasteiger partial charge is 0.497 e. The molecular weight excluding hydrogens is 440 g/mol. The summed E-state index contributed by atoms with van der Waals surface area (Å²) in [5.41, 5.74) is 1.69. The van der Waals surface area contributed by atoms with Gasteiger partial charge in [0.05, 0.1) is 18.9 Å². The van der Waals surface area contributed by atoms with Crippen LogP contribution in [0.2, 0.25) is 0 Å². The van der Waals surface area contributed by atoms with E-state index in [1.807, 2.05) is 12.1 Å². The van der Waals surface area contributed by atoms with Crippen molar-refractivity contribution in [1.29, 1.82) is 0 Å². The summed E-state index contributed by atoms with van der Waals surface area (Å²) in [7, 11) is 3.02. The SMILES string of the molecule is COc1ccc([C@H]2CC(c3ccccc3F)=NN2C(=O)CN(C)C(=O)c2cccc(F)c2)cc1. The van der Waals surface area contributed by atoms with E-state index in [2.05, 4.69) is 5.10 Å². The minimum atomic E-state index is -0.538. The predicted molar refractivity (Wildman–Crippen MR) is 123 cm³/mol. The average Bonchev–Trinajstić information content (AvgIpc) is 3.29. The van der Waals surface area contributed by atoms with Crippen LogP contribution in [0, 0.1) is 11.6 Å². The summed E-state index contributed by atoms with van der Waals surface area (Å²) in [4.78, 5) is 27.2. The molecule has 3 aromatic rings. The maximum atomic E-state index is 14.4. The standard InChI is InChI=1S/C26H23F2N3O3/c1-30(26(33)18-6-5-7-19(27)14-18)16-25(32)31-24(17-10-12-20(34-2)13-11-17)15-23(29-31)21-8-3-4-9-22(21)28/h3-14,24H,15-16H2,1-2H3/t24-/m1/s1. The van der Waals surface area contributed by atoms with Gasteiger partial charge in [-0.05, 0) is 42.0 Å². The molecule has 8 heteroatoms. The van der Waals surface area contributed by atoms with Gasteiger partial charge in [0.2, 0.25) is 0 Å². The summed E-state index contributed by atoms with van der Waals surface area (Å²) in [6, 6.07) is 18.3. The Morgan fingerprint density at radius 2 is 1.79 bits per heavy atom. The van der Waals surface area contributed by atoms with Gasteiger partial charge in [-0.3, -0.25) is 9.59 Å². The third kappa shape index (κ3) is 4.80. The van der Waals surface area contributed by atoms with Crippen LogP contribution < -0.4 is 4.74 Å². The number of amides is 2. The van der Waals surface area contributed by atoms with Crippen LogP contribution in [-0.4, -0.2) is 48.1 Å². The van der Waals surface area contributed by atoms with Crippen molar-refractivity contribution < 1.29 is 23.1 Å². The van der Waals surface area contributed by atoms with E-state index in [0.717, 1.165) is 11.6 Å². The maximum Gasteiger partial charge on any atom is 0.262 e. The van der Waals surface area contributed by atoms with Crippen LogP contribution in [0.1, 0.15) is 33.9 Å². The van der Waals surface area contributed by atoms with Crippen LogP contribution >= 0.6 is 0 Å². The number of hydrogen-bond donors (Lipinski definition) is 0. The first-order valence-electron chi connectivity index (χ1n) is 10.7. The molecule has 0 fully saturated rings. The Morgan fingerprint density at radius 3 is 2.47 bits per heavy atom. The first kappa shape index (κ1) is 23.1. The highest BCUT2D eigenvalue weighted by Crippen LogP contribution is 2.34. The van der Waals surface area contributed by atoms with Gasteiger partial charge in [0, 0.05) is 24.6 Å². The summed E-state index contributed by atoms with van der Waals surface area (Å²) in [6.07, 6.45) is 0.306. The predicted octanol–water partition coefficient (Wildman–Crippen LogP) is 4.42. The topological polar surface area (TPSA) is 62.2 Å². The number of nitrogens with zero attached hydrogens (tertiary/aromatic N) is 3. The molecule has 0 saturated carbocycles. The second-order valence-electron chi connectivity index (χ2n) is 7.93. The zero-order chi connectivity index (χ0) is 24.2. The molecule has 1 aliphatic rings. The number of carbonyl (C=O) groups excluding carboxylic acids is 2. The molecule has 1 aliphatic heterocycles. The minimum Gasteiger partial charge on any atom is -0.497 e. The quantitative estimate of drug-likeness (QED) is 0.544.